The van der Waals surface area contributed by atoms with E-state index >= 15 is 0 Å². The summed E-state index contributed by atoms with van der Waals surface area (Å²) in [7, 11) is 0. The molecule has 1 aliphatic rings. The third-order valence-electron chi connectivity index (χ3n) is 5.48. The molecule has 1 saturated carbocycles. The molecule has 1 aliphatic carbocycles. The molecule has 0 heteroatoms. The molecule has 0 heterocycles. The zero-order chi connectivity index (χ0) is 17.7. The Morgan fingerprint density at radius 2 is 1.74 bits per heavy atom. The minimum atomic E-state index is 0.305. The topological polar surface area (TPSA) is 0 Å². The van der Waals surface area contributed by atoms with E-state index in [1.807, 2.05) is 0 Å². The highest BCUT2D eigenvalue weighted by Crippen LogP contribution is 2.49. The molecule has 0 aromatic heterocycles. The Bertz CT molecular complexity index is 419. The van der Waals surface area contributed by atoms with Gasteiger partial charge < -0.3 is 0 Å². The fourth-order valence-corrected chi connectivity index (χ4v) is 4.47. The predicted octanol–water partition coefficient (Wildman–Crippen LogP) is 7.58. The molecule has 1 fully saturated rings. The van der Waals surface area contributed by atoms with Crippen molar-refractivity contribution in [1.82, 2.24) is 0 Å². The van der Waals surface area contributed by atoms with Gasteiger partial charge in [-0.05, 0) is 67.6 Å². The van der Waals surface area contributed by atoms with Crippen LogP contribution in [0, 0.1) is 28.6 Å². The molecule has 0 amide bonds. The standard InChI is InChI=1S/C23H40/c1-9-10-11-12-21(13-14-22(5,6)7)20(4)23(8)16-18(2)15-19(3)17-23/h9-12,18-19,21H,4,13-17H2,1-3,5-8H3/b10-9-,12-11+. The van der Waals surface area contributed by atoms with Crippen molar-refractivity contribution in [2.45, 2.75) is 80.6 Å². The van der Waals surface area contributed by atoms with Crippen LogP contribution in [0.2, 0.25) is 0 Å². The van der Waals surface area contributed by atoms with Gasteiger partial charge in [0.2, 0.25) is 0 Å². The normalized spacial score (nSPS) is 30.9. The summed E-state index contributed by atoms with van der Waals surface area (Å²) in [5.41, 5.74) is 2.17. The molecule has 1 rings (SSSR count). The molecule has 0 aromatic rings. The first-order valence-corrected chi connectivity index (χ1v) is 9.56. The summed E-state index contributed by atoms with van der Waals surface area (Å²) in [5.74, 6) is 2.15. The van der Waals surface area contributed by atoms with Crippen LogP contribution in [0.25, 0.3) is 0 Å². The van der Waals surface area contributed by atoms with Gasteiger partial charge in [0.05, 0.1) is 0 Å². The second kappa shape index (κ2) is 8.36. The number of hydrogen-bond donors (Lipinski definition) is 0. The highest BCUT2D eigenvalue weighted by Gasteiger charge is 2.38. The maximum atomic E-state index is 4.62. The maximum absolute atomic E-state index is 4.62. The van der Waals surface area contributed by atoms with Gasteiger partial charge in [0, 0.05) is 0 Å². The molecular formula is C23H40. The maximum Gasteiger partial charge on any atom is -0.00172 e. The van der Waals surface area contributed by atoms with Crippen LogP contribution in [0.1, 0.15) is 80.6 Å². The molecule has 3 atom stereocenters. The SMILES string of the molecule is C=C(C(/C=C/C=C\C)CCC(C)(C)C)C1(C)CC(C)CC(C)C1. The third-order valence-corrected chi connectivity index (χ3v) is 5.48. The second-order valence-electron chi connectivity index (χ2n) is 9.56. The Labute approximate surface area is 146 Å². The molecule has 3 unspecified atom stereocenters. The number of allylic oxidation sites excluding steroid dienone is 5. The Hall–Kier alpha value is -0.780. The van der Waals surface area contributed by atoms with Crippen molar-refractivity contribution < 1.29 is 0 Å². The van der Waals surface area contributed by atoms with Crippen LogP contribution in [-0.2, 0) is 0 Å². The highest BCUT2D eigenvalue weighted by molar-refractivity contribution is 5.21. The van der Waals surface area contributed by atoms with Crippen molar-refractivity contribution in [1.29, 1.82) is 0 Å². The van der Waals surface area contributed by atoms with Crippen LogP contribution < -0.4 is 0 Å². The van der Waals surface area contributed by atoms with E-state index in [2.05, 4.69) is 79.3 Å². The molecule has 0 bridgehead atoms. The van der Waals surface area contributed by atoms with Gasteiger partial charge in [0.1, 0.15) is 0 Å². The van der Waals surface area contributed by atoms with E-state index in [4.69, 9.17) is 0 Å². The molecule has 23 heavy (non-hydrogen) atoms. The molecule has 0 aliphatic heterocycles. The smallest absolute Gasteiger partial charge is 0.00172 e. The second-order valence-corrected chi connectivity index (χ2v) is 9.56. The minimum absolute atomic E-state index is 0.305. The first kappa shape index (κ1) is 20.3. The predicted molar refractivity (Wildman–Crippen MR) is 106 cm³/mol. The number of rotatable bonds is 6. The lowest BCUT2D eigenvalue weighted by atomic mass is 9.61. The van der Waals surface area contributed by atoms with Gasteiger partial charge in [-0.15, -0.1) is 0 Å². The van der Waals surface area contributed by atoms with Crippen molar-refractivity contribution in [3.05, 3.63) is 36.5 Å². The Morgan fingerprint density at radius 1 is 1.17 bits per heavy atom. The average Bonchev–Trinajstić information content (AvgIpc) is 2.39. The molecule has 0 N–H and O–H groups in total. The van der Waals surface area contributed by atoms with Gasteiger partial charge >= 0.3 is 0 Å². The van der Waals surface area contributed by atoms with Crippen LogP contribution in [0.3, 0.4) is 0 Å². The first-order chi connectivity index (χ1) is 10.6. The van der Waals surface area contributed by atoms with Crippen molar-refractivity contribution in [3.8, 4) is 0 Å². The van der Waals surface area contributed by atoms with Crippen molar-refractivity contribution in [2.24, 2.45) is 28.6 Å². The van der Waals surface area contributed by atoms with Crippen molar-refractivity contribution in [2.75, 3.05) is 0 Å². The summed E-state index contributed by atoms with van der Waals surface area (Å²) in [6.07, 6.45) is 15.3. The summed E-state index contributed by atoms with van der Waals surface area (Å²) in [6, 6.07) is 0. The molecule has 0 spiro atoms. The van der Waals surface area contributed by atoms with Gasteiger partial charge in [0.15, 0.2) is 0 Å². The van der Waals surface area contributed by atoms with E-state index in [-0.39, 0.29) is 0 Å². The summed E-state index contributed by atoms with van der Waals surface area (Å²) in [6.45, 7) is 21.0. The summed E-state index contributed by atoms with van der Waals surface area (Å²) in [4.78, 5) is 0. The van der Waals surface area contributed by atoms with E-state index in [1.54, 1.807) is 0 Å². The highest BCUT2D eigenvalue weighted by atomic mass is 14.4. The van der Waals surface area contributed by atoms with Gasteiger partial charge in [0.25, 0.3) is 0 Å². The van der Waals surface area contributed by atoms with Crippen molar-refractivity contribution in [3.63, 3.8) is 0 Å². The van der Waals surface area contributed by atoms with E-state index < -0.39 is 0 Å². The minimum Gasteiger partial charge on any atom is -0.0987 e. The van der Waals surface area contributed by atoms with Gasteiger partial charge in [-0.2, -0.15) is 0 Å². The quantitative estimate of drug-likeness (QED) is 0.350. The van der Waals surface area contributed by atoms with Gasteiger partial charge in [-0.1, -0.05) is 78.0 Å². The largest absolute Gasteiger partial charge is 0.0987 e. The lowest BCUT2D eigenvalue weighted by Crippen LogP contribution is -2.33. The Morgan fingerprint density at radius 3 is 2.22 bits per heavy atom. The Balaban J connectivity index is 2.92. The summed E-state index contributed by atoms with van der Waals surface area (Å²) in [5, 5.41) is 0. The molecule has 132 valence electrons. The summed E-state index contributed by atoms with van der Waals surface area (Å²) >= 11 is 0. The zero-order valence-electron chi connectivity index (χ0n) is 16.8. The van der Waals surface area contributed by atoms with Crippen LogP contribution in [0.5, 0.6) is 0 Å². The Kier molecular flexibility index (Phi) is 7.36. The van der Waals surface area contributed by atoms with E-state index in [9.17, 15) is 0 Å². The molecular weight excluding hydrogens is 276 g/mol. The molecule has 0 radical (unpaired) electrons. The molecule has 0 aromatic carbocycles. The van der Waals surface area contributed by atoms with Crippen LogP contribution in [-0.4, -0.2) is 0 Å². The van der Waals surface area contributed by atoms with Gasteiger partial charge in [-0.25, -0.2) is 0 Å². The summed E-state index contributed by atoms with van der Waals surface area (Å²) < 4.78 is 0. The van der Waals surface area contributed by atoms with E-state index in [0.717, 1.165) is 11.8 Å². The van der Waals surface area contributed by atoms with Gasteiger partial charge in [-0.3, -0.25) is 0 Å². The fourth-order valence-electron chi connectivity index (χ4n) is 4.47. The zero-order valence-corrected chi connectivity index (χ0v) is 16.8. The number of hydrogen-bond acceptors (Lipinski definition) is 0. The first-order valence-electron chi connectivity index (χ1n) is 9.56. The molecule has 0 nitrogen and oxygen atoms in total. The van der Waals surface area contributed by atoms with E-state index in [0.29, 0.717) is 16.7 Å². The van der Waals surface area contributed by atoms with Crippen LogP contribution >= 0.6 is 0 Å². The molecule has 0 saturated heterocycles. The fraction of sp³-hybridized carbons (Fsp3) is 0.739. The van der Waals surface area contributed by atoms with Crippen molar-refractivity contribution >= 4 is 0 Å². The lowest BCUT2D eigenvalue weighted by Gasteiger charge is -2.44. The van der Waals surface area contributed by atoms with Crippen LogP contribution in [0.15, 0.2) is 36.5 Å². The lowest BCUT2D eigenvalue weighted by molar-refractivity contribution is 0.148. The van der Waals surface area contributed by atoms with Crippen LogP contribution in [0.4, 0.5) is 0 Å². The average molecular weight is 317 g/mol. The monoisotopic (exact) mass is 316 g/mol. The third kappa shape index (κ3) is 6.69. The van der Waals surface area contributed by atoms with E-state index in [1.165, 1.54) is 37.7 Å².